The van der Waals surface area contributed by atoms with Crippen LogP contribution in [0.15, 0.2) is 47.5 Å². The van der Waals surface area contributed by atoms with Crippen LogP contribution >= 0.6 is 24.0 Å². The summed E-state index contributed by atoms with van der Waals surface area (Å²) in [5.41, 5.74) is 9.79. The summed E-state index contributed by atoms with van der Waals surface area (Å²) in [5.74, 6) is 2.01. The minimum absolute atomic E-state index is 0. The molecular weight excluding hydrogens is 429 g/mol. The molecule has 0 radical (unpaired) electrons. The van der Waals surface area contributed by atoms with Crippen molar-refractivity contribution in [3.63, 3.8) is 0 Å². The largest absolute Gasteiger partial charge is 0.497 e. The number of nitrogens with two attached hydrogens (primary N) is 1. The Hall–Kier alpha value is -1.96. The lowest BCUT2D eigenvalue weighted by molar-refractivity contribution is 0.327. The van der Waals surface area contributed by atoms with E-state index in [0.717, 1.165) is 23.6 Å². The molecule has 2 aromatic carbocycles. The van der Waals surface area contributed by atoms with E-state index in [0.29, 0.717) is 19.1 Å². The Balaban J connectivity index is 0.00000225. The summed E-state index contributed by atoms with van der Waals surface area (Å²) in [6, 6.07) is 13.9. The molecule has 0 bridgehead atoms. The van der Waals surface area contributed by atoms with Crippen molar-refractivity contribution < 1.29 is 9.47 Å². The Labute approximate surface area is 165 Å². The highest BCUT2D eigenvalue weighted by Gasteiger charge is 2.10. The second-order valence-electron chi connectivity index (χ2n) is 5.75. The molecule has 1 aliphatic carbocycles. The van der Waals surface area contributed by atoms with Crippen molar-refractivity contribution in [2.45, 2.75) is 19.3 Å². The zero-order valence-electron chi connectivity index (χ0n) is 14.3. The number of anilines is 1. The van der Waals surface area contributed by atoms with Gasteiger partial charge in [0.1, 0.15) is 18.1 Å². The third-order valence-electron chi connectivity index (χ3n) is 4.07. The molecule has 0 aliphatic heterocycles. The number of nitrogens with one attached hydrogen (secondary N) is 1. The molecule has 0 saturated carbocycles. The number of nitrogens with zero attached hydrogens (tertiary/aromatic N) is 1. The zero-order chi connectivity index (χ0) is 16.8. The Morgan fingerprint density at radius 2 is 1.80 bits per heavy atom. The van der Waals surface area contributed by atoms with E-state index in [1.54, 1.807) is 7.11 Å². The molecule has 0 unspecified atom stereocenters. The zero-order valence-corrected chi connectivity index (χ0v) is 16.7. The van der Waals surface area contributed by atoms with Crippen molar-refractivity contribution in [3.05, 3.63) is 53.6 Å². The number of hydrogen-bond donors (Lipinski definition) is 2. The summed E-state index contributed by atoms with van der Waals surface area (Å²) in [7, 11) is 1.64. The van der Waals surface area contributed by atoms with Crippen LogP contribution in [0.5, 0.6) is 11.5 Å². The van der Waals surface area contributed by atoms with Crippen LogP contribution in [-0.4, -0.2) is 26.2 Å². The molecule has 0 spiro atoms. The summed E-state index contributed by atoms with van der Waals surface area (Å²) in [6.07, 6.45) is 3.57. The number of halogens is 1. The van der Waals surface area contributed by atoms with E-state index >= 15 is 0 Å². The predicted octanol–water partition coefficient (Wildman–Crippen LogP) is 3.61. The monoisotopic (exact) mass is 453 g/mol. The molecule has 0 fully saturated rings. The first kappa shape index (κ1) is 19.4. The minimum Gasteiger partial charge on any atom is -0.497 e. The van der Waals surface area contributed by atoms with Crippen molar-refractivity contribution in [2.75, 3.05) is 25.6 Å². The molecule has 0 heterocycles. The van der Waals surface area contributed by atoms with E-state index in [2.05, 4.69) is 28.5 Å². The van der Waals surface area contributed by atoms with Gasteiger partial charge in [0.25, 0.3) is 0 Å². The number of rotatable bonds is 6. The molecule has 3 N–H and O–H groups in total. The Kier molecular flexibility index (Phi) is 7.36. The molecule has 134 valence electrons. The normalized spacial score (nSPS) is 12.9. The molecule has 6 heteroatoms. The van der Waals surface area contributed by atoms with E-state index in [4.69, 9.17) is 15.2 Å². The van der Waals surface area contributed by atoms with E-state index < -0.39 is 0 Å². The maximum absolute atomic E-state index is 5.94. The average molecular weight is 453 g/mol. The molecule has 5 nitrogen and oxygen atoms in total. The number of methoxy groups -OCH3 is 1. The van der Waals surface area contributed by atoms with Crippen molar-refractivity contribution in [3.8, 4) is 11.5 Å². The van der Waals surface area contributed by atoms with Gasteiger partial charge in [0.15, 0.2) is 5.96 Å². The van der Waals surface area contributed by atoms with Gasteiger partial charge in [-0.05, 0) is 66.8 Å². The molecule has 0 atom stereocenters. The molecule has 25 heavy (non-hydrogen) atoms. The number of ether oxygens (including phenoxy) is 2. The third kappa shape index (κ3) is 5.52. The molecule has 0 saturated heterocycles. The van der Waals surface area contributed by atoms with Crippen LogP contribution in [0.4, 0.5) is 5.69 Å². The van der Waals surface area contributed by atoms with Crippen LogP contribution in [0, 0.1) is 0 Å². The van der Waals surface area contributed by atoms with Gasteiger partial charge in [0.05, 0.1) is 13.7 Å². The Bertz CT molecular complexity index is 717. The smallest absolute Gasteiger partial charge is 0.193 e. The maximum atomic E-state index is 5.94. The fourth-order valence-electron chi connectivity index (χ4n) is 2.84. The van der Waals surface area contributed by atoms with E-state index in [1.165, 1.54) is 24.0 Å². The van der Waals surface area contributed by atoms with Gasteiger partial charge in [-0.1, -0.05) is 6.07 Å². The number of hydrogen-bond acceptors (Lipinski definition) is 3. The minimum atomic E-state index is 0. The van der Waals surface area contributed by atoms with E-state index in [1.807, 2.05) is 24.3 Å². The summed E-state index contributed by atoms with van der Waals surface area (Å²) >= 11 is 0. The van der Waals surface area contributed by atoms with Gasteiger partial charge in [-0.2, -0.15) is 0 Å². The van der Waals surface area contributed by atoms with Gasteiger partial charge in [0.2, 0.25) is 0 Å². The number of aliphatic imine (C=N–C) groups is 1. The summed E-state index contributed by atoms with van der Waals surface area (Å²) in [6.45, 7) is 0.967. The first-order valence-electron chi connectivity index (χ1n) is 8.20. The van der Waals surface area contributed by atoms with Crippen molar-refractivity contribution in [1.29, 1.82) is 0 Å². The summed E-state index contributed by atoms with van der Waals surface area (Å²) < 4.78 is 10.7. The Morgan fingerprint density at radius 1 is 1.08 bits per heavy atom. The highest BCUT2D eigenvalue weighted by molar-refractivity contribution is 14.0. The van der Waals surface area contributed by atoms with Crippen LogP contribution in [0.25, 0.3) is 0 Å². The standard InChI is InChI=1S/C19H23N3O2.HI/c1-23-17-7-9-18(10-8-17)24-12-11-21-19(20)22-16-6-5-14-3-2-4-15(14)13-16;/h5-10,13H,2-4,11-12H2,1H3,(H3,20,21,22);1H. The predicted molar refractivity (Wildman–Crippen MR) is 112 cm³/mol. The lowest BCUT2D eigenvalue weighted by atomic mass is 10.1. The van der Waals surface area contributed by atoms with Crippen molar-refractivity contribution in [1.82, 2.24) is 0 Å². The summed E-state index contributed by atoms with van der Waals surface area (Å²) in [4.78, 5) is 4.30. The topological polar surface area (TPSA) is 68.9 Å². The molecular formula is C19H24IN3O2. The molecule has 1 aliphatic rings. The second kappa shape index (κ2) is 9.50. The highest BCUT2D eigenvalue weighted by Crippen LogP contribution is 2.24. The first-order chi connectivity index (χ1) is 11.7. The van der Waals surface area contributed by atoms with Crippen molar-refractivity contribution in [2.24, 2.45) is 10.7 Å². The highest BCUT2D eigenvalue weighted by atomic mass is 127. The van der Waals surface area contributed by atoms with Crippen LogP contribution in [0.2, 0.25) is 0 Å². The summed E-state index contributed by atoms with van der Waals surface area (Å²) in [5, 5.41) is 3.14. The lowest BCUT2D eigenvalue weighted by Crippen LogP contribution is -2.23. The Morgan fingerprint density at radius 3 is 2.56 bits per heavy atom. The number of benzene rings is 2. The maximum Gasteiger partial charge on any atom is 0.193 e. The van der Waals surface area contributed by atoms with Gasteiger partial charge < -0.3 is 20.5 Å². The van der Waals surface area contributed by atoms with Gasteiger partial charge >= 0.3 is 0 Å². The van der Waals surface area contributed by atoms with Gasteiger partial charge in [-0.25, -0.2) is 4.99 Å². The van der Waals surface area contributed by atoms with E-state index in [9.17, 15) is 0 Å². The molecule has 0 aromatic heterocycles. The van der Waals surface area contributed by atoms with Crippen molar-refractivity contribution >= 4 is 35.6 Å². The first-order valence-corrected chi connectivity index (χ1v) is 8.20. The SMILES string of the molecule is COc1ccc(OCCN=C(N)Nc2ccc3c(c2)CCC3)cc1.I. The molecule has 0 amide bonds. The quantitative estimate of drug-likeness (QED) is 0.304. The van der Waals surface area contributed by atoms with Crippen LogP contribution in [0.3, 0.4) is 0 Å². The lowest BCUT2D eigenvalue weighted by Gasteiger charge is -2.08. The van der Waals surface area contributed by atoms with E-state index in [-0.39, 0.29) is 24.0 Å². The second-order valence-corrected chi connectivity index (χ2v) is 5.75. The van der Waals surface area contributed by atoms with Gasteiger partial charge in [-0.15, -0.1) is 24.0 Å². The molecule has 2 aromatic rings. The number of fused-ring (bicyclic) bond motifs is 1. The van der Waals surface area contributed by atoms with Crippen LogP contribution in [0.1, 0.15) is 17.5 Å². The van der Waals surface area contributed by atoms with Crippen LogP contribution < -0.4 is 20.5 Å². The van der Waals surface area contributed by atoms with Crippen LogP contribution in [-0.2, 0) is 12.8 Å². The average Bonchev–Trinajstić information content (AvgIpc) is 3.07. The van der Waals surface area contributed by atoms with Gasteiger partial charge in [-0.3, -0.25) is 0 Å². The number of aryl methyl sites for hydroxylation is 2. The molecule has 3 rings (SSSR count). The van der Waals surface area contributed by atoms with Gasteiger partial charge in [0, 0.05) is 5.69 Å². The fourth-order valence-corrected chi connectivity index (χ4v) is 2.84. The number of guanidine groups is 1. The third-order valence-corrected chi connectivity index (χ3v) is 4.07. The fraction of sp³-hybridized carbons (Fsp3) is 0.316.